The molecule has 0 aliphatic rings. The van der Waals surface area contributed by atoms with E-state index < -0.39 is 10.0 Å². The number of hydrogen-bond donors (Lipinski definition) is 2. The Labute approximate surface area is 169 Å². The number of halogens is 1. The lowest BCUT2D eigenvalue weighted by Gasteiger charge is -2.13. The van der Waals surface area contributed by atoms with Crippen LogP contribution in [0.5, 0.6) is 0 Å². The van der Waals surface area contributed by atoms with Gasteiger partial charge in [-0.2, -0.15) is 5.10 Å². The topological polar surface area (TPSA) is 74.4 Å². The third-order valence-corrected chi connectivity index (χ3v) is 5.76. The fourth-order valence-electron chi connectivity index (χ4n) is 2.53. The molecule has 0 radical (unpaired) electrons. The van der Waals surface area contributed by atoms with Gasteiger partial charge in [-0.25, -0.2) is 13.0 Å². The minimum Gasteiger partial charge on any atom is -0.278 e. The van der Waals surface area contributed by atoms with Gasteiger partial charge in [0, 0.05) is 12.1 Å². The number of rotatable bonds is 6. The zero-order valence-electron chi connectivity index (χ0n) is 15.4. The molecule has 1 aromatic heterocycles. The number of sulfonamides is 1. The normalized spacial score (nSPS) is 11.5. The van der Waals surface area contributed by atoms with Gasteiger partial charge in [-0.05, 0) is 42.8 Å². The zero-order valence-corrected chi connectivity index (χ0v) is 17.0. The molecule has 0 spiro atoms. The van der Waals surface area contributed by atoms with E-state index in [9.17, 15) is 8.42 Å². The van der Waals surface area contributed by atoms with Crippen molar-refractivity contribution in [3.8, 4) is 0 Å². The van der Waals surface area contributed by atoms with E-state index in [2.05, 4.69) is 15.2 Å². The summed E-state index contributed by atoms with van der Waals surface area (Å²) in [5, 5.41) is 4.51. The molecule has 6 nitrogen and oxygen atoms in total. The highest BCUT2D eigenvalue weighted by atomic mass is 35.5. The van der Waals surface area contributed by atoms with Crippen LogP contribution in [0.2, 0.25) is 5.02 Å². The van der Waals surface area contributed by atoms with Crippen LogP contribution >= 0.6 is 11.6 Å². The first-order valence-electron chi connectivity index (χ1n) is 8.48. The third kappa shape index (κ3) is 4.68. The molecule has 0 aliphatic carbocycles. The molecule has 144 valence electrons. The molecule has 3 aromatic rings. The lowest BCUT2D eigenvalue weighted by atomic mass is 10.2. The highest BCUT2D eigenvalue weighted by molar-refractivity contribution is 7.93. The maximum absolute atomic E-state index is 12.9. The smallest absolute Gasteiger partial charge is 0.264 e. The second-order valence-corrected chi connectivity index (χ2v) is 8.25. The summed E-state index contributed by atoms with van der Waals surface area (Å²) < 4.78 is 30.3. The van der Waals surface area contributed by atoms with Crippen LogP contribution < -0.4 is 14.7 Å². The van der Waals surface area contributed by atoms with Crippen molar-refractivity contribution < 1.29 is 13.0 Å². The van der Waals surface area contributed by atoms with Gasteiger partial charge in [0.15, 0.2) is 6.20 Å². The molecule has 0 saturated carbocycles. The largest absolute Gasteiger partial charge is 0.278 e. The fourth-order valence-corrected chi connectivity index (χ4v) is 4.09. The Morgan fingerprint density at radius 1 is 1.04 bits per heavy atom. The number of pyridine rings is 1. The first-order valence-corrected chi connectivity index (χ1v) is 10.3. The van der Waals surface area contributed by atoms with Gasteiger partial charge in [-0.15, -0.1) is 0 Å². The van der Waals surface area contributed by atoms with Crippen molar-refractivity contribution in [3.63, 3.8) is 0 Å². The van der Waals surface area contributed by atoms with Crippen LogP contribution in [-0.2, 0) is 17.1 Å². The number of nitrogens with one attached hydrogen (secondary N) is 2. The minimum atomic E-state index is -3.87. The second-order valence-electron chi connectivity index (χ2n) is 6.19. The Morgan fingerprint density at radius 3 is 2.54 bits per heavy atom. The van der Waals surface area contributed by atoms with Crippen LogP contribution in [0.25, 0.3) is 0 Å². The van der Waals surface area contributed by atoms with Crippen molar-refractivity contribution in [1.29, 1.82) is 0 Å². The molecule has 28 heavy (non-hydrogen) atoms. The lowest BCUT2D eigenvalue weighted by molar-refractivity contribution is -0.672. The van der Waals surface area contributed by atoms with Gasteiger partial charge >= 0.3 is 0 Å². The molecule has 2 aromatic carbocycles. The summed E-state index contributed by atoms with van der Waals surface area (Å²) in [6.07, 6.45) is 3.52. The third-order valence-electron chi connectivity index (χ3n) is 4.02. The molecular weight excluding hydrogens is 396 g/mol. The monoisotopic (exact) mass is 415 g/mol. The van der Waals surface area contributed by atoms with Crippen LogP contribution in [0.3, 0.4) is 0 Å². The average Bonchev–Trinajstić information content (AvgIpc) is 2.66. The van der Waals surface area contributed by atoms with E-state index in [0.29, 0.717) is 16.4 Å². The SMILES string of the molecule is Cc1ccc(N/N=C/c2cccc[n+]2C)c(S(=O)(=O)Nc2ccccc2Cl)c1. The maximum Gasteiger partial charge on any atom is 0.264 e. The van der Waals surface area contributed by atoms with Crippen LogP contribution in [0.4, 0.5) is 11.4 Å². The van der Waals surface area contributed by atoms with Gasteiger partial charge in [-0.1, -0.05) is 29.8 Å². The molecule has 8 heteroatoms. The zero-order chi connectivity index (χ0) is 20.1. The first kappa shape index (κ1) is 19.9. The Bertz CT molecular complexity index is 1130. The number of para-hydroxylation sites is 1. The molecular formula is C20H20ClN4O2S+. The van der Waals surface area contributed by atoms with E-state index in [0.717, 1.165) is 11.3 Å². The Hall–Kier alpha value is -2.90. The summed E-state index contributed by atoms with van der Waals surface area (Å²) in [5.74, 6) is 0. The van der Waals surface area contributed by atoms with Crippen molar-refractivity contribution in [2.24, 2.45) is 12.1 Å². The number of anilines is 2. The molecule has 0 atom stereocenters. The van der Waals surface area contributed by atoms with Gasteiger partial charge in [0.2, 0.25) is 5.69 Å². The van der Waals surface area contributed by atoms with Crippen LogP contribution in [0.1, 0.15) is 11.3 Å². The van der Waals surface area contributed by atoms with Gasteiger partial charge < -0.3 is 0 Å². The van der Waals surface area contributed by atoms with E-state index in [-0.39, 0.29) is 4.90 Å². The summed E-state index contributed by atoms with van der Waals surface area (Å²) >= 11 is 6.09. The van der Waals surface area contributed by atoms with E-state index >= 15 is 0 Å². The molecule has 1 heterocycles. The number of nitrogens with zero attached hydrogens (tertiary/aromatic N) is 2. The average molecular weight is 416 g/mol. The Kier molecular flexibility index (Phi) is 5.96. The molecule has 0 unspecified atom stereocenters. The van der Waals surface area contributed by atoms with Gasteiger partial charge in [0.1, 0.15) is 18.2 Å². The van der Waals surface area contributed by atoms with Crippen LogP contribution in [0.15, 0.2) is 76.9 Å². The van der Waals surface area contributed by atoms with Gasteiger partial charge in [0.05, 0.1) is 16.4 Å². The summed E-state index contributed by atoms with van der Waals surface area (Å²) in [6.45, 7) is 1.82. The molecule has 2 N–H and O–H groups in total. The van der Waals surface area contributed by atoms with Crippen molar-refractivity contribution in [2.75, 3.05) is 10.1 Å². The summed E-state index contributed by atoms with van der Waals surface area (Å²) in [5.41, 5.74) is 5.17. The predicted octanol–water partition coefficient (Wildman–Crippen LogP) is 3.72. The Balaban J connectivity index is 1.90. The highest BCUT2D eigenvalue weighted by Crippen LogP contribution is 2.28. The molecule has 0 saturated heterocycles. The summed E-state index contributed by atoms with van der Waals surface area (Å²) in [6, 6.07) is 17.5. The van der Waals surface area contributed by atoms with Crippen molar-refractivity contribution in [1.82, 2.24) is 0 Å². The number of hydrazone groups is 1. The van der Waals surface area contributed by atoms with E-state index in [1.165, 1.54) is 0 Å². The number of benzene rings is 2. The predicted molar refractivity (Wildman–Crippen MR) is 112 cm³/mol. The molecule has 0 aliphatic heterocycles. The van der Waals surface area contributed by atoms with E-state index in [4.69, 9.17) is 11.6 Å². The van der Waals surface area contributed by atoms with Crippen molar-refractivity contribution in [2.45, 2.75) is 11.8 Å². The second kappa shape index (κ2) is 8.41. The number of hydrogen-bond acceptors (Lipinski definition) is 4. The Morgan fingerprint density at radius 2 is 1.79 bits per heavy atom. The van der Waals surface area contributed by atoms with E-state index in [1.807, 2.05) is 49.0 Å². The highest BCUT2D eigenvalue weighted by Gasteiger charge is 2.20. The number of aromatic nitrogens is 1. The molecule has 0 bridgehead atoms. The number of aryl methyl sites for hydroxylation is 2. The quantitative estimate of drug-likeness (QED) is 0.366. The molecule has 0 amide bonds. The standard InChI is InChI=1S/C20H19ClN4O2S/c1-15-10-11-19(23-22-14-16-7-5-6-12-25(16)2)20(13-15)28(26,27)24-18-9-4-3-8-17(18)21/h3-14,24H,1-2H3/p+1. The summed E-state index contributed by atoms with van der Waals surface area (Å²) in [7, 11) is -1.97. The minimum absolute atomic E-state index is 0.0852. The first-order chi connectivity index (χ1) is 13.4. The molecule has 3 rings (SSSR count). The lowest BCUT2D eigenvalue weighted by Crippen LogP contribution is -2.32. The van der Waals surface area contributed by atoms with Gasteiger partial charge in [0.25, 0.3) is 10.0 Å². The molecule has 0 fully saturated rings. The summed E-state index contributed by atoms with van der Waals surface area (Å²) in [4.78, 5) is 0.0852. The van der Waals surface area contributed by atoms with E-state index in [1.54, 1.807) is 42.6 Å². The van der Waals surface area contributed by atoms with Crippen molar-refractivity contribution >= 4 is 39.2 Å². The van der Waals surface area contributed by atoms with Crippen LogP contribution in [-0.4, -0.2) is 14.6 Å². The van der Waals surface area contributed by atoms with Gasteiger partial charge in [-0.3, -0.25) is 10.1 Å². The van der Waals surface area contributed by atoms with Crippen LogP contribution in [0, 0.1) is 6.92 Å². The maximum atomic E-state index is 12.9. The fraction of sp³-hybridized carbons (Fsp3) is 0.100. The van der Waals surface area contributed by atoms with Crippen molar-refractivity contribution in [3.05, 3.63) is 83.1 Å².